The third kappa shape index (κ3) is 13.2. The van der Waals surface area contributed by atoms with Gasteiger partial charge in [-0.25, -0.2) is 24.8 Å². The van der Waals surface area contributed by atoms with E-state index in [4.69, 9.17) is 36.2 Å². The van der Waals surface area contributed by atoms with Gasteiger partial charge >= 0.3 is 0 Å². The second-order valence-electron chi connectivity index (χ2n) is 34.1. The molecule has 0 radical (unpaired) electrons. The third-order valence-electron chi connectivity index (χ3n) is 26.5. The van der Waals surface area contributed by atoms with Crippen LogP contribution in [-0.2, 0) is 0 Å². The van der Waals surface area contributed by atoms with Gasteiger partial charge in [-0.05, 0) is 224 Å². The van der Waals surface area contributed by atoms with Crippen molar-refractivity contribution in [1.82, 2.24) is 48.6 Å². The Morgan fingerprint density at radius 2 is 0.575 bits per heavy atom. The van der Waals surface area contributed by atoms with Gasteiger partial charge in [-0.15, -0.1) is 0 Å². The molecule has 0 aliphatic carbocycles. The molecule has 0 unspecified atom stereocenters. The molecule has 21 aromatic carbocycles. The highest BCUT2D eigenvalue weighted by atomic mass is 16.5. The van der Waals surface area contributed by atoms with Crippen LogP contribution in [0.1, 0.15) is 5.56 Å². The van der Waals surface area contributed by atoms with Gasteiger partial charge in [-0.1, -0.05) is 315 Å². The van der Waals surface area contributed by atoms with Crippen LogP contribution in [0.3, 0.4) is 0 Å². The van der Waals surface area contributed by atoms with Crippen LogP contribution in [0.4, 0.5) is 5.69 Å². The molecule has 12 nitrogen and oxygen atoms in total. The molecule has 0 saturated carbocycles. The topological polar surface area (TPSA) is 119 Å². The average Bonchev–Trinajstić information content (AvgIpc) is 1.63. The van der Waals surface area contributed by atoms with Crippen molar-refractivity contribution < 1.29 is 4.74 Å². The van der Waals surface area contributed by atoms with E-state index in [1.807, 2.05) is 73.1 Å². The maximum Gasteiger partial charge on any atom is 0.240 e. The van der Waals surface area contributed by atoms with E-state index < -0.39 is 0 Å². The van der Waals surface area contributed by atoms with Crippen LogP contribution in [0.5, 0.6) is 5.75 Å². The lowest BCUT2D eigenvalue weighted by molar-refractivity contribution is 0.415. The van der Waals surface area contributed by atoms with Crippen molar-refractivity contribution in [2.45, 2.75) is 6.92 Å². The van der Waals surface area contributed by atoms with Crippen molar-refractivity contribution in [2.24, 2.45) is 0 Å². The molecule has 0 fully saturated rings. The summed E-state index contributed by atoms with van der Waals surface area (Å²) in [6, 6.07) is 147. The molecule has 27 aromatic rings. The van der Waals surface area contributed by atoms with Gasteiger partial charge < -0.3 is 9.30 Å². The lowest BCUT2D eigenvalue weighted by Gasteiger charge is -2.15. The number of para-hydroxylation sites is 5. The van der Waals surface area contributed by atoms with Crippen LogP contribution < -0.4 is 4.74 Å². The molecule has 0 amide bonds. The maximum atomic E-state index is 7.40. The van der Waals surface area contributed by atoms with Crippen LogP contribution in [-0.4, -0.2) is 55.7 Å². The molecule has 0 spiro atoms. The zero-order valence-corrected chi connectivity index (χ0v) is 72.8. The number of fused-ring (bicyclic) bond motifs is 27. The number of aryl methyl sites for hydroxylation is 1. The molecule has 0 N–H and O–H groups in total. The van der Waals surface area contributed by atoms with Crippen molar-refractivity contribution in [2.75, 3.05) is 7.11 Å². The zero-order valence-electron chi connectivity index (χ0n) is 72.8. The number of nitrogens with zero attached hydrogens (tertiary/aromatic N) is 11. The molecule has 0 aliphatic rings. The number of aromatic nitrogens is 10. The fourth-order valence-electron chi connectivity index (χ4n) is 20.3. The van der Waals surface area contributed by atoms with E-state index in [-0.39, 0.29) is 0 Å². The lowest BCUT2D eigenvalue weighted by atomic mass is 9.91. The number of ether oxygens (including phenoxy) is 1. The van der Waals surface area contributed by atoms with Gasteiger partial charge in [0.05, 0.1) is 58.2 Å². The monoisotopic (exact) mass is 1710 g/mol. The Morgan fingerprint density at radius 1 is 0.239 bits per heavy atom. The van der Waals surface area contributed by atoms with Crippen LogP contribution >= 0.6 is 0 Å². The van der Waals surface area contributed by atoms with Gasteiger partial charge in [-0.3, -0.25) is 9.13 Å². The van der Waals surface area contributed by atoms with Crippen molar-refractivity contribution in [3.8, 4) is 91.1 Å². The number of rotatable bonds is 10. The third-order valence-corrected chi connectivity index (χ3v) is 26.5. The standard InChI is InChI=1S/C64H40N6O.C29H17N3.C29H20N2/c1-71-43-30-34-61-55(38-43)54-36-40(29-33-60(54)68(61)42-15-3-2-4-16-42)39-27-31-46-47-32-28-41(37-53(47)45-18-6-5-17-44(45)52(46)35-39)62-65-63(69-56-23-11-7-19-48(56)49-20-8-12-24-57(49)69)67-64(66-62)70-58-25-13-9-21-50(58)51-22-10-14-26-59(51)70;1-30-21-12-14-25-24-13-11-20(17-26(24)22-9-5-6-10-23(22)27(25)18-21)29-31-16-15-28(32-29)19-7-3-2-4-8-19;1-19-18-30-29(31-28(19)20-9-3-2-4-10-20)21-15-16-26-24-13-6-5-11-22(24)23-12-7-8-14-25(23)27(26)17-21/h2-38H,1H3;2-18H;2-18H,1H3. The lowest BCUT2D eigenvalue weighted by Crippen LogP contribution is -2.10. The summed E-state index contributed by atoms with van der Waals surface area (Å²) >= 11 is 0. The van der Waals surface area contributed by atoms with E-state index in [1.165, 1.54) is 64.6 Å². The molecule has 0 bridgehead atoms. The van der Waals surface area contributed by atoms with Crippen LogP contribution in [0.25, 0.3) is 253 Å². The van der Waals surface area contributed by atoms with Crippen LogP contribution in [0.15, 0.2) is 431 Å². The summed E-state index contributed by atoms with van der Waals surface area (Å²) < 4.78 is 12.4. The predicted molar refractivity (Wildman–Crippen MR) is 555 cm³/mol. The van der Waals surface area contributed by atoms with E-state index in [0.717, 1.165) is 171 Å². The summed E-state index contributed by atoms with van der Waals surface area (Å²) in [6.07, 6.45) is 3.74. The molecule has 12 heteroatoms. The molecule has 6 heterocycles. The molecule has 6 aromatic heterocycles. The number of hydrogen-bond acceptors (Lipinski definition) is 8. The van der Waals surface area contributed by atoms with Crippen molar-refractivity contribution in [3.63, 3.8) is 0 Å². The first-order chi connectivity index (χ1) is 66.3. The van der Waals surface area contributed by atoms with E-state index in [0.29, 0.717) is 29.2 Å². The Morgan fingerprint density at radius 3 is 1.03 bits per heavy atom. The molecule has 134 heavy (non-hydrogen) atoms. The summed E-state index contributed by atoms with van der Waals surface area (Å²) in [5, 5.41) is 28.5. The van der Waals surface area contributed by atoms with Gasteiger partial charge in [-0.2, -0.15) is 15.0 Å². The molecule has 0 aliphatic heterocycles. The van der Waals surface area contributed by atoms with Gasteiger partial charge in [0, 0.05) is 78.2 Å². The Balaban J connectivity index is 0.000000125. The number of hydrogen-bond donors (Lipinski definition) is 0. The molecule has 27 rings (SSSR count). The summed E-state index contributed by atoms with van der Waals surface area (Å²) in [6.45, 7) is 9.47. The largest absolute Gasteiger partial charge is 0.497 e. The SMILES string of the molecule is COc1ccc2c(c1)c1cc(-c3ccc4c5ccc(-c6nc(-n7c8ccccc8c8ccccc87)nc(-n7c8ccccc8c8ccccc87)n6)cc5c5ccccc5c4c3)ccc1n2-c1ccccc1.Cc1cnc(-c2ccc3c4ccccc4c4ccccc4c3c2)nc1-c1ccccc1.[C-]#[N+]c1ccc2c3ccc(-c4nccc(-c5ccccc5)n4)cc3c3ccccc3c2c1. The Hall–Kier alpha value is -18.2. The summed E-state index contributed by atoms with van der Waals surface area (Å²) in [5.41, 5.74) is 18.6. The minimum atomic E-state index is 0.558. The predicted octanol–water partition coefficient (Wildman–Crippen LogP) is 31.4. The number of methoxy groups -OCH3 is 1. The van der Waals surface area contributed by atoms with Crippen molar-refractivity contribution >= 4 is 168 Å². The zero-order chi connectivity index (χ0) is 89.0. The summed E-state index contributed by atoms with van der Waals surface area (Å²) in [7, 11) is 1.73. The van der Waals surface area contributed by atoms with Crippen LogP contribution in [0.2, 0.25) is 0 Å². The van der Waals surface area contributed by atoms with Gasteiger partial charge in [0.2, 0.25) is 11.9 Å². The van der Waals surface area contributed by atoms with Gasteiger partial charge in [0.1, 0.15) is 5.75 Å². The molecule has 0 saturated heterocycles. The van der Waals surface area contributed by atoms with Crippen molar-refractivity contribution in [3.05, 3.63) is 448 Å². The second-order valence-corrected chi connectivity index (χ2v) is 34.1. The normalized spacial score (nSPS) is 11.6. The fourth-order valence-corrected chi connectivity index (χ4v) is 20.3. The Kier molecular flexibility index (Phi) is 18.8. The Labute approximate surface area is 769 Å². The molecule has 0 atom stereocenters. The first-order valence-corrected chi connectivity index (χ1v) is 44.9. The second kappa shape index (κ2) is 32.2. The smallest absolute Gasteiger partial charge is 0.240 e. The number of benzene rings is 21. The first-order valence-electron chi connectivity index (χ1n) is 44.9. The minimum absolute atomic E-state index is 0.558. The molecular weight excluding hydrogens is 1640 g/mol. The molecular formula is C122H77N11O. The highest BCUT2D eigenvalue weighted by molar-refractivity contribution is 6.29. The van der Waals surface area contributed by atoms with E-state index >= 15 is 0 Å². The van der Waals surface area contributed by atoms with E-state index in [2.05, 4.69) is 393 Å². The molecule has 626 valence electrons. The Bertz CT molecular complexity index is 9240. The minimum Gasteiger partial charge on any atom is -0.497 e. The van der Waals surface area contributed by atoms with Gasteiger partial charge in [0.25, 0.3) is 0 Å². The first kappa shape index (κ1) is 78.1. The summed E-state index contributed by atoms with van der Waals surface area (Å²) in [5.74, 6) is 4.01. The van der Waals surface area contributed by atoms with E-state index in [9.17, 15) is 0 Å². The quantitative estimate of drug-likeness (QED) is 0.0981. The average molecular weight is 1710 g/mol. The van der Waals surface area contributed by atoms with E-state index in [1.54, 1.807) is 7.11 Å². The highest BCUT2D eigenvalue weighted by Gasteiger charge is 2.25. The highest BCUT2D eigenvalue weighted by Crippen LogP contribution is 2.46. The van der Waals surface area contributed by atoms with Gasteiger partial charge in [0.15, 0.2) is 23.2 Å². The van der Waals surface area contributed by atoms with Crippen molar-refractivity contribution in [1.29, 1.82) is 0 Å². The maximum absolute atomic E-state index is 7.40. The summed E-state index contributed by atoms with van der Waals surface area (Å²) in [4.78, 5) is 38.8. The fraction of sp³-hybridized carbons (Fsp3) is 0.0164. The van der Waals surface area contributed by atoms with Crippen LogP contribution in [0, 0.1) is 13.5 Å².